The minimum Gasteiger partial charge on any atom is -0.504 e. The van der Waals surface area contributed by atoms with Crippen LogP contribution in [0.1, 0.15) is 5.56 Å². The van der Waals surface area contributed by atoms with Crippen molar-refractivity contribution in [2.24, 2.45) is 5.73 Å². The fourth-order valence-electron chi connectivity index (χ4n) is 2.09. The minimum atomic E-state index is -4.14. The highest BCUT2D eigenvalue weighted by molar-refractivity contribution is 7.91. The molecule has 0 aliphatic rings. The van der Waals surface area contributed by atoms with Crippen LogP contribution < -0.4 is 11.5 Å². The lowest BCUT2D eigenvalue weighted by atomic mass is 10.1. The van der Waals surface area contributed by atoms with Gasteiger partial charge in [-0.05, 0) is 48.4 Å². The molecule has 7 N–H and O–H groups in total. The average molecular weight is 352 g/mol. The summed E-state index contributed by atoms with van der Waals surface area (Å²) in [5.74, 6) is -2.77. The van der Waals surface area contributed by atoms with Gasteiger partial charge in [-0.25, -0.2) is 8.42 Å². The van der Waals surface area contributed by atoms with Crippen LogP contribution >= 0.6 is 0 Å². The monoisotopic (exact) mass is 352 g/mol. The van der Waals surface area contributed by atoms with Gasteiger partial charge in [0, 0.05) is 5.69 Å². The number of carboxylic acid groups (broad SMARTS) is 1. The van der Waals surface area contributed by atoms with E-state index in [9.17, 15) is 23.4 Å². The molecule has 0 saturated heterocycles. The Morgan fingerprint density at radius 2 is 1.71 bits per heavy atom. The number of carboxylic acids is 1. The third kappa shape index (κ3) is 3.42. The summed E-state index contributed by atoms with van der Waals surface area (Å²) in [4.78, 5) is 10.1. The summed E-state index contributed by atoms with van der Waals surface area (Å²) >= 11 is 0. The molecule has 0 aromatic heterocycles. The first-order valence-corrected chi connectivity index (χ1v) is 8.25. The normalized spacial score (nSPS) is 12.7. The van der Waals surface area contributed by atoms with Crippen LogP contribution in [0.25, 0.3) is 0 Å². The van der Waals surface area contributed by atoms with Gasteiger partial charge in [-0.1, -0.05) is 0 Å². The number of phenolic OH excluding ortho intramolecular Hbond substituents is 2. The summed E-state index contributed by atoms with van der Waals surface area (Å²) in [7, 11) is -4.14. The number of nitrogens with two attached hydrogens (primary N) is 2. The van der Waals surface area contributed by atoms with Crippen molar-refractivity contribution >= 4 is 21.5 Å². The molecular formula is C15H16N2O6S. The summed E-state index contributed by atoms with van der Waals surface area (Å²) in [6.07, 6.45) is -0.215. The van der Waals surface area contributed by atoms with E-state index in [0.717, 1.165) is 12.1 Å². The van der Waals surface area contributed by atoms with Gasteiger partial charge in [-0.15, -0.1) is 0 Å². The smallest absolute Gasteiger partial charge is 0.320 e. The molecule has 8 nitrogen and oxygen atoms in total. The van der Waals surface area contributed by atoms with Crippen LogP contribution in [0.5, 0.6) is 11.5 Å². The van der Waals surface area contributed by atoms with Gasteiger partial charge in [0.2, 0.25) is 9.84 Å². The van der Waals surface area contributed by atoms with E-state index in [2.05, 4.69) is 0 Å². The predicted octanol–water partition coefficient (Wildman–Crippen LogP) is 0.467. The van der Waals surface area contributed by atoms with Gasteiger partial charge in [0.15, 0.2) is 11.5 Å². The van der Waals surface area contributed by atoms with Crippen LogP contribution in [0, 0.1) is 0 Å². The molecule has 0 radical (unpaired) electrons. The highest BCUT2D eigenvalue weighted by Gasteiger charge is 2.25. The van der Waals surface area contributed by atoms with Crippen molar-refractivity contribution in [2.45, 2.75) is 22.3 Å². The summed E-state index contributed by atoms with van der Waals surface area (Å²) in [6.45, 7) is 0. The van der Waals surface area contributed by atoms with E-state index < -0.39 is 38.2 Å². The van der Waals surface area contributed by atoms with Crippen LogP contribution in [-0.2, 0) is 21.1 Å². The second-order valence-electron chi connectivity index (χ2n) is 5.18. The zero-order valence-electron chi connectivity index (χ0n) is 12.4. The highest BCUT2D eigenvalue weighted by Crippen LogP contribution is 2.37. The molecule has 2 rings (SSSR count). The zero-order chi connectivity index (χ0) is 18.1. The van der Waals surface area contributed by atoms with Crippen molar-refractivity contribution in [3.63, 3.8) is 0 Å². The average Bonchev–Trinajstić information content (AvgIpc) is 2.50. The van der Waals surface area contributed by atoms with Gasteiger partial charge in [-0.2, -0.15) is 0 Å². The Labute approximate surface area is 137 Å². The molecule has 1 unspecified atom stereocenters. The molecule has 0 saturated carbocycles. The third-order valence-electron chi connectivity index (χ3n) is 3.37. The van der Waals surface area contributed by atoms with Crippen LogP contribution in [0.4, 0.5) is 5.69 Å². The topological polar surface area (TPSA) is 164 Å². The largest absolute Gasteiger partial charge is 0.504 e. The van der Waals surface area contributed by atoms with Gasteiger partial charge in [0.25, 0.3) is 0 Å². The lowest BCUT2D eigenvalue weighted by Crippen LogP contribution is -2.32. The Morgan fingerprint density at radius 1 is 1.12 bits per heavy atom. The Kier molecular flexibility index (Phi) is 4.67. The molecule has 2 aromatic carbocycles. The maximum absolute atomic E-state index is 12.6. The minimum absolute atomic E-state index is 0.133. The van der Waals surface area contributed by atoms with Crippen LogP contribution in [-0.4, -0.2) is 35.7 Å². The van der Waals surface area contributed by atoms with E-state index in [1.807, 2.05) is 0 Å². The molecular weight excluding hydrogens is 336 g/mol. The van der Waals surface area contributed by atoms with E-state index >= 15 is 0 Å². The van der Waals surface area contributed by atoms with Gasteiger partial charge >= 0.3 is 5.97 Å². The third-order valence-corrected chi connectivity index (χ3v) is 5.15. The Morgan fingerprint density at radius 3 is 2.25 bits per heavy atom. The number of anilines is 1. The molecule has 0 aliphatic carbocycles. The molecule has 0 fully saturated rings. The Bertz CT molecular complexity index is 878. The lowest BCUT2D eigenvalue weighted by molar-refractivity contribution is -0.138. The van der Waals surface area contributed by atoms with Gasteiger partial charge in [-0.3, -0.25) is 4.79 Å². The number of aromatic hydroxyl groups is 2. The second-order valence-corrected chi connectivity index (χ2v) is 7.10. The van der Waals surface area contributed by atoms with E-state index in [4.69, 9.17) is 16.6 Å². The fourth-order valence-corrected chi connectivity index (χ4v) is 3.50. The van der Waals surface area contributed by atoms with Crippen LogP contribution in [0.2, 0.25) is 0 Å². The molecule has 0 aliphatic heterocycles. The number of hydrogen-bond acceptors (Lipinski definition) is 7. The van der Waals surface area contributed by atoms with Gasteiger partial charge in [0.1, 0.15) is 10.9 Å². The highest BCUT2D eigenvalue weighted by atomic mass is 32.2. The number of hydrogen-bond donors (Lipinski definition) is 5. The number of benzene rings is 2. The van der Waals surface area contributed by atoms with E-state index in [1.165, 1.54) is 24.3 Å². The molecule has 128 valence electrons. The van der Waals surface area contributed by atoms with Crippen molar-refractivity contribution < 1.29 is 28.5 Å². The maximum atomic E-state index is 12.6. The molecule has 2 aromatic rings. The number of nitrogen functional groups attached to an aromatic ring is 1. The first kappa shape index (κ1) is 17.6. The number of carbonyl (C=O) groups is 1. The van der Waals surface area contributed by atoms with Crippen LogP contribution in [0.3, 0.4) is 0 Å². The first-order chi connectivity index (χ1) is 11.1. The predicted molar refractivity (Wildman–Crippen MR) is 85.4 cm³/mol. The van der Waals surface area contributed by atoms with Gasteiger partial charge < -0.3 is 26.8 Å². The zero-order valence-corrected chi connectivity index (χ0v) is 13.2. The first-order valence-electron chi connectivity index (χ1n) is 6.77. The lowest BCUT2D eigenvalue weighted by Gasteiger charge is -2.12. The molecule has 9 heteroatoms. The Balaban J connectivity index is 2.54. The van der Waals surface area contributed by atoms with Crippen molar-refractivity contribution in [3.05, 3.63) is 42.0 Å². The molecule has 1 atom stereocenters. The summed E-state index contributed by atoms with van der Waals surface area (Å²) < 4.78 is 25.3. The number of sulfone groups is 1. The maximum Gasteiger partial charge on any atom is 0.320 e. The number of phenols is 2. The number of rotatable bonds is 5. The molecule has 0 spiro atoms. The fraction of sp³-hybridized carbons (Fsp3) is 0.133. The van der Waals surface area contributed by atoms with Crippen molar-refractivity contribution in [1.82, 2.24) is 0 Å². The molecule has 0 amide bonds. The number of aliphatic carboxylic acids is 1. The molecule has 0 bridgehead atoms. The Hall–Kier alpha value is -2.78. The van der Waals surface area contributed by atoms with Crippen molar-refractivity contribution in [1.29, 1.82) is 0 Å². The van der Waals surface area contributed by atoms with Gasteiger partial charge in [0.05, 0.1) is 4.90 Å². The standard InChI is InChI=1S/C15H16N2O6S/c16-9-1-3-10(4-2-9)24(22,23)13-7-8(5-11(17)15(20)21)6-12(18)14(13)19/h1-4,6-7,11,18-19H,5,16-17H2,(H,20,21). The van der Waals surface area contributed by atoms with E-state index in [1.54, 1.807) is 0 Å². The molecule has 24 heavy (non-hydrogen) atoms. The van der Waals surface area contributed by atoms with E-state index in [-0.39, 0.29) is 16.9 Å². The SMILES string of the molecule is Nc1ccc(S(=O)(=O)c2cc(CC(N)C(=O)O)cc(O)c2O)cc1. The summed E-state index contributed by atoms with van der Waals surface area (Å²) in [6, 6.07) is 6.17. The second kappa shape index (κ2) is 6.38. The summed E-state index contributed by atoms with van der Waals surface area (Å²) in [5.41, 5.74) is 11.5. The summed E-state index contributed by atoms with van der Waals surface area (Å²) in [5, 5.41) is 28.5. The molecule has 0 heterocycles. The quantitative estimate of drug-likeness (QED) is 0.383. The van der Waals surface area contributed by atoms with Crippen molar-refractivity contribution in [3.8, 4) is 11.5 Å². The van der Waals surface area contributed by atoms with E-state index in [0.29, 0.717) is 5.69 Å². The van der Waals surface area contributed by atoms with Crippen LogP contribution in [0.15, 0.2) is 46.2 Å². The van der Waals surface area contributed by atoms with Crippen molar-refractivity contribution in [2.75, 3.05) is 5.73 Å².